The van der Waals surface area contributed by atoms with Crippen LogP contribution >= 0.6 is 0 Å². The molecule has 5 nitrogen and oxygen atoms in total. The number of aliphatic hydroxyl groups excluding tert-OH is 1. The van der Waals surface area contributed by atoms with Crippen LogP contribution in [-0.4, -0.2) is 56.4 Å². The zero-order valence-electron chi connectivity index (χ0n) is 14.1. The fraction of sp³-hybridized carbons (Fsp3) is 0.647. The van der Waals surface area contributed by atoms with Gasteiger partial charge in [0.25, 0.3) is 0 Å². The summed E-state index contributed by atoms with van der Waals surface area (Å²) in [5, 5.41) is 9.72. The molecule has 0 amide bonds. The summed E-state index contributed by atoms with van der Waals surface area (Å²) >= 11 is 0. The summed E-state index contributed by atoms with van der Waals surface area (Å²) in [7, 11) is -3.13. The Morgan fingerprint density at radius 3 is 2.61 bits per heavy atom. The Kier molecular flexibility index (Phi) is 6.44. The first-order valence-corrected chi connectivity index (χ1v) is 10.2. The van der Waals surface area contributed by atoms with Crippen molar-refractivity contribution < 1.29 is 13.5 Å². The molecule has 0 saturated carbocycles. The predicted molar refractivity (Wildman–Crippen MR) is 94.1 cm³/mol. The van der Waals surface area contributed by atoms with E-state index in [0.717, 1.165) is 31.5 Å². The normalized spacial score (nSPS) is 21.1. The molecule has 0 aromatic heterocycles. The Morgan fingerprint density at radius 2 is 2.04 bits per heavy atom. The molecule has 1 aromatic rings. The first-order valence-electron chi connectivity index (χ1n) is 8.33. The maximum absolute atomic E-state index is 11.8. The number of para-hydroxylation sites is 1. The zero-order valence-corrected chi connectivity index (χ0v) is 14.9. The summed E-state index contributed by atoms with van der Waals surface area (Å²) < 4.78 is 25.2. The molecule has 0 spiro atoms. The predicted octanol–water partition coefficient (Wildman–Crippen LogP) is 1.94. The number of aliphatic hydroxyl groups is 1. The second kappa shape index (κ2) is 8.13. The van der Waals surface area contributed by atoms with E-state index in [1.165, 1.54) is 6.26 Å². The van der Waals surface area contributed by atoms with E-state index in [1.807, 2.05) is 18.2 Å². The first kappa shape index (κ1) is 18.2. The van der Waals surface area contributed by atoms with Crippen LogP contribution in [0.4, 0.5) is 5.69 Å². The van der Waals surface area contributed by atoms with Crippen LogP contribution in [0.25, 0.3) is 0 Å². The molecule has 2 rings (SSSR count). The molecule has 0 radical (unpaired) electrons. The number of anilines is 1. The van der Waals surface area contributed by atoms with E-state index in [9.17, 15) is 13.5 Å². The van der Waals surface area contributed by atoms with Crippen LogP contribution in [0.2, 0.25) is 0 Å². The molecular formula is C17H28N2O3S. The molecule has 0 aliphatic carbocycles. The van der Waals surface area contributed by atoms with Gasteiger partial charge in [-0.2, -0.15) is 0 Å². The topological polar surface area (TPSA) is 60.9 Å². The van der Waals surface area contributed by atoms with Crippen LogP contribution in [0.1, 0.15) is 26.2 Å². The largest absolute Gasteiger partial charge is 0.394 e. The number of hydrogen-bond donors (Lipinski definition) is 1. The van der Waals surface area contributed by atoms with Crippen LogP contribution in [-0.2, 0) is 10.0 Å². The van der Waals surface area contributed by atoms with Crippen molar-refractivity contribution in [2.24, 2.45) is 5.92 Å². The van der Waals surface area contributed by atoms with Gasteiger partial charge < -0.3 is 10.0 Å². The molecule has 1 aliphatic rings. The SMILES string of the molecule is CCC(CO)N(CC1CCCN(S(C)(=O)=O)C1)c1ccccc1. The fourth-order valence-electron chi connectivity index (χ4n) is 3.29. The number of rotatable bonds is 7. The van der Waals surface area contributed by atoms with Gasteiger partial charge in [-0.3, -0.25) is 0 Å². The number of piperidine rings is 1. The Balaban J connectivity index is 2.14. The van der Waals surface area contributed by atoms with Crippen molar-refractivity contribution in [3.8, 4) is 0 Å². The third-order valence-electron chi connectivity index (χ3n) is 4.62. The van der Waals surface area contributed by atoms with Gasteiger partial charge in [-0.1, -0.05) is 25.1 Å². The molecule has 0 bridgehead atoms. The van der Waals surface area contributed by atoms with E-state index in [4.69, 9.17) is 0 Å². The summed E-state index contributed by atoms with van der Waals surface area (Å²) in [5.41, 5.74) is 1.09. The lowest BCUT2D eigenvalue weighted by molar-refractivity contribution is 0.234. The monoisotopic (exact) mass is 340 g/mol. The molecule has 1 heterocycles. The second-order valence-electron chi connectivity index (χ2n) is 6.36. The lowest BCUT2D eigenvalue weighted by Gasteiger charge is -2.38. The van der Waals surface area contributed by atoms with Crippen molar-refractivity contribution in [3.05, 3.63) is 30.3 Å². The number of sulfonamides is 1. The third kappa shape index (κ3) is 4.93. The Hall–Kier alpha value is -1.11. The molecular weight excluding hydrogens is 312 g/mol. The van der Waals surface area contributed by atoms with Gasteiger partial charge in [0.2, 0.25) is 10.0 Å². The number of nitrogens with zero attached hydrogens (tertiary/aromatic N) is 2. The zero-order chi connectivity index (χ0) is 16.9. The minimum atomic E-state index is -3.13. The van der Waals surface area contributed by atoms with Crippen molar-refractivity contribution in [2.45, 2.75) is 32.2 Å². The van der Waals surface area contributed by atoms with Crippen LogP contribution in [0, 0.1) is 5.92 Å². The molecule has 2 atom stereocenters. The van der Waals surface area contributed by atoms with E-state index in [0.29, 0.717) is 19.0 Å². The molecule has 1 aliphatic heterocycles. The Morgan fingerprint density at radius 1 is 1.35 bits per heavy atom. The van der Waals surface area contributed by atoms with Crippen LogP contribution < -0.4 is 4.90 Å². The van der Waals surface area contributed by atoms with E-state index in [1.54, 1.807) is 4.31 Å². The van der Waals surface area contributed by atoms with E-state index in [2.05, 4.69) is 24.0 Å². The summed E-state index contributed by atoms with van der Waals surface area (Å²) in [5.74, 6) is 0.291. The van der Waals surface area contributed by atoms with E-state index >= 15 is 0 Å². The summed E-state index contributed by atoms with van der Waals surface area (Å²) in [6.45, 7) is 4.14. The maximum atomic E-state index is 11.8. The van der Waals surface area contributed by atoms with E-state index < -0.39 is 10.0 Å². The van der Waals surface area contributed by atoms with Crippen molar-refractivity contribution in [3.63, 3.8) is 0 Å². The standard InChI is InChI=1S/C17H28N2O3S/c1-3-16(14-20)19(17-9-5-4-6-10-17)13-15-8-7-11-18(12-15)23(2,21)22/h4-6,9-10,15-16,20H,3,7-8,11-14H2,1-2H3. The maximum Gasteiger partial charge on any atom is 0.211 e. The van der Waals surface area contributed by atoms with Crippen LogP contribution in [0.5, 0.6) is 0 Å². The van der Waals surface area contributed by atoms with Gasteiger partial charge in [-0.05, 0) is 37.3 Å². The minimum absolute atomic E-state index is 0.0611. The fourth-order valence-corrected chi connectivity index (χ4v) is 4.23. The summed E-state index contributed by atoms with van der Waals surface area (Å²) in [6, 6.07) is 10.1. The summed E-state index contributed by atoms with van der Waals surface area (Å²) in [4.78, 5) is 2.23. The van der Waals surface area contributed by atoms with Crippen molar-refractivity contribution >= 4 is 15.7 Å². The Labute approximate surface area is 140 Å². The van der Waals surface area contributed by atoms with Gasteiger partial charge in [-0.15, -0.1) is 0 Å². The molecule has 1 saturated heterocycles. The Bertz CT molecular complexity index is 573. The molecule has 1 fully saturated rings. The van der Waals surface area contributed by atoms with Crippen molar-refractivity contribution in [1.29, 1.82) is 0 Å². The lowest BCUT2D eigenvalue weighted by atomic mass is 9.97. The van der Waals surface area contributed by atoms with Gasteiger partial charge in [0.15, 0.2) is 0 Å². The average molecular weight is 340 g/mol. The quantitative estimate of drug-likeness (QED) is 0.824. The third-order valence-corrected chi connectivity index (χ3v) is 5.89. The van der Waals surface area contributed by atoms with Gasteiger partial charge in [0.1, 0.15) is 0 Å². The van der Waals surface area contributed by atoms with Gasteiger partial charge in [0.05, 0.1) is 18.9 Å². The van der Waals surface area contributed by atoms with Crippen molar-refractivity contribution in [1.82, 2.24) is 4.31 Å². The summed E-state index contributed by atoms with van der Waals surface area (Å²) in [6.07, 6.45) is 4.06. The average Bonchev–Trinajstić information content (AvgIpc) is 2.55. The van der Waals surface area contributed by atoms with E-state index in [-0.39, 0.29) is 12.6 Å². The van der Waals surface area contributed by atoms with Crippen LogP contribution in [0.3, 0.4) is 0 Å². The van der Waals surface area contributed by atoms with Crippen LogP contribution in [0.15, 0.2) is 30.3 Å². The molecule has 1 N–H and O–H groups in total. The molecule has 6 heteroatoms. The highest BCUT2D eigenvalue weighted by molar-refractivity contribution is 7.88. The number of hydrogen-bond acceptors (Lipinski definition) is 4. The van der Waals surface area contributed by atoms with Gasteiger partial charge in [-0.25, -0.2) is 12.7 Å². The highest BCUT2D eigenvalue weighted by atomic mass is 32.2. The first-order chi connectivity index (χ1) is 11.0. The number of benzene rings is 1. The van der Waals surface area contributed by atoms with Gasteiger partial charge in [0, 0.05) is 25.3 Å². The molecule has 130 valence electrons. The lowest BCUT2D eigenvalue weighted by Crippen LogP contribution is -2.46. The van der Waals surface area contributed by atoms with Crippen molar-refractivity contribution in [2.75, 3.05) is 37.4 Å². The molecule has 23 heavy (non-hydrogen) atoms. The molecule has 2 unspecified atom stereocenters. The minimum Gasteiger partial charge on any atom is -0.394 e. The smallest absolute Gasteiger partial charge is 0.211 e. The second-order valence-corrected chi connectivity index (χ2v) is 8.34. The molecule has 1 aromatic carbocycles. The van der Waals surface area contributed by atoms with Gasteiger partial charge >= 0.3 is 0 Å². The highest BCUT2D eigenvalue weighted by Gasteiger charge is 2.28. The highest BCUT2D eigenvalue weighted by Crippen LogP contribution is 2.25.